The smallest absolute Gasteiger partial charge is 0.327 e. The summed E-state index contributed by atoms with van der Waals surface area (Å²) in [4.78, 5) is 16.2. The topological polar surface area (TPSA) is 133 Å². The quantitative estimate of drug-likeness (QED) is 0.299. The van der Waals surface area contributed by atoms with Crippen LogP contribution in [0, 0.1) is 11.3 Å². The number of hydrogen-bond donors (Lipinski definition) is 0. The van der Waals surface area contributed by atoms with Crippen LogP contribution in [0.15, 0.2) is 47.2 Å². The molecule has 2 unspecified atom stereocenters. The fourth-order valence-corrected chi connectivity index (χ4v) is 5.11. The summed E-state index contributed by atoms with van der Waals surface area (Å²) in [6, 6.07) is 9.73. The Balaban J connectivity index is 1.59. The van der Waals surface area contributed by atoms with Crippen LogP contribution >= 0.6 is 15.9 Å². The number of nitriles is 1. The molecule has 0 amide bonds. The molecule has 2 heterocycles. The first kappa shape index (κ1) is 24.8. The van der Waals surface area contributed by atoms with Crippen LogP contribution in [0.4, 0.5) is 5.69 Å². The Bertz CT molecular complexity index is 1290. The average Bonchev–Trinajstić information content (AvgIpc) is 3.25. The molecule has 10 nitrogen and oxygen atoms in total. The number of nitrogens with zero attached hydrogens (tertiary/aromatic N) is 5. The molecule has 2 aromatic heterocycles. The summed E-state index contributed by atoms with van der Waals surface area (Å²) in [7, 11) is 0. The van der Waals surface area contributed by atoms with Gasteiger partial charge in [0, 0.05) is 22.5 Å². The van der Waals surface area contributed by atoms with E-state index in [9.17, 15) is 13.6 Å². The lowest BCUT2D eigenvalue weighted by Gasteiger charge is -2.36. The van der Waals surface area contributed by atoms with Crippen molar-refractivity contribution in [1.82, 2.24) is 14.8 Å². The number of halogens is 1. The highest BCUT2D eigenvalue weighted by molar-refractivity contribution is 9.10. The third-order valence-corrected chi connectivity index (χ3v) is 6.86. The zero-order valence-corrected chi connectivity index (χ0v) is 21.1. The van der Waals surface area contributed by atoms with E-state index in [1.54, 1.807) is 48.1 Å². The Morgan fingerprint density at radius 2 is 2.14 bits per heavy atom. The van der Waals surface area contributed by atoms with Crippen LogP contribution in [0.3, 0.4) is 0 Å². The predicted molar refractivity (Wildman–Crippen MR) is 129 cm³/mol. The number of esters is 1. The highest BCUT2D eigenvalue weighted by Gasteiger charge is 2.31. The van der Waals surface area contributed by atoms with E-state index in [1.165, 1.54) is 10.5 Å². The van der Waals surface area contributed by atoms with Crippen LogP contribution in [0.2, 0.25) is 0 Å². The normalized spacial score (nSPS) is 15.5. The Morgan fingerprint density at radius 3 is 2.80 bits per heavy atom. The second-order valence-corrected chi connectivity index (χ2v) is 9.36. The lowest BCUT2D eigenvalue weighted by molar-refractivity contribution is -0.144. The first-order valence-electron chi connectivity index (χ1n) is 10.8. The molecule has 0 spiro atoms. The van der Waals surface area contributed by atoms with Crippen LogP contribution in [0.25, 0.3) is 0 Å². The molecule has 3 aromatic rings. The zero-order valence-electron chi connectivity index (χ0n) is 18.7. The van der Waals surface area contributed by atoms with Gasteiger partial charge in [0.05, 0.1) is 46.8 Å². The molecule has 12 heteroatoms. The van der Waals surface area contributed by atoms with E-state index >= 15 is 0 Å². The van der Waals surface area contributed by atoms with Gasteiger partial charge in [0.25, 0.3) is 0 Å². The van der Waals surface area contributed by atoms with E-state index in [-0.39, 0.29) is 19.0 Å². The number of rotatable bonds is 8. The second-order valence-electron chi connectivity index (χ2n) is 7.68. The Labute approximate surface area is 213 Å². The molecular weight excluding hydrogens is 538 g/mol. The fourth-order valence-electron chi connectivity index (χ4n) is 3.99. The van der Waals surface area contributed by atoms with Gasteiger partial charge in [0.15, 0.2) is 0 Å². The average molecular weight is 559 g/mol. The summed E-state index contributed by atoms with van der Waals surface area (Å²) in [5.74, 6) is 0.345. The number of aromatic nitrogens is 3. The minimum atomic E-state index is -2.60. The van der Waals surface area contributed by atoms with Crippen LogP contribution in [0.1, 0.15) is 42.6 Å². The van der Waals surface area contributed by atoms with Gasteiger partial charge in [0.1, 0.15) is 12.3 Å². The summed E-state index contributed by atoms with van der Waals surface area (Å²) < 4.78 is 38.8. The zero-order chi connectivity index (χ0) is 24.9. The number of ether oxygens (including phenoxy) is 2. The lowest BCUT2D eigenvalue weighted by atomic mass is 9.92. The fraction of sp³-hybridized carbons (Fsp3) is 0.304. The monoisotopic (exact) mass is 558 g/mol. The third-order valence-electron chi connectivity index (χ3n) is 5.50. The number of fused-ring (bicyclic) bond motifs is 1. The summed E-state index contributed by atoms with van der Waals surface area (Å²) in [5.41, 5.74) is 2.43. The van der Waals surface area contributed by atoms with Crippen molar-refractivity contribution in [3.63, 3.8) is 0 Å². The summed E-state index contributed by atoms with van der Waals surface area (Å²) >= 11 is 0.819. The molecule has 0 aliphatic heterocycles. The van der Waals surface area contributed by atoms with Crippen molar-refractivity contribution in [3.8, 4) is 17.7 Å². The summed E-state index contributed by atoms with van der Waals surface area (Å²) in [6.45, 7) is 1.99. The van der Waals surface area contributed by atoms with Crippen LogP contribution in [-0.4, -0.2) is 36.1 Å². The number of carbonyl (C=O) groups is 1. The molecule has 0 bridgehead atoms. The van der Waals surface area contributed by atoms with Gasteiger partial charge in [-0.2, -0.15) is 10.4 Å². The molecular formula is C23H21BrN5O5S-. The van der Waals surface area contributed by atoms with Gasteiger partial charge in [0.2, 0.25) is 5.88 Å². The van der Waals surface area contributed by atoms with E-state index in [4.69, 9.17) is 14.7 Å². The number of carbonyl (C=O) groups excluding carboxylic acids is 1. The molecule has 1 aromatic carbocycles. The van der Waals surface area contributed by atoms with Crippen molar-refractivity contribution < 1.29 is 23.0 Å². The highest BCUT2D eigenvalue weighted by Crippen LogP contribution is 2.39. The largest absolute Gasteiger partial charge is 0.755 e. The lowest BCUT2D eigenvalue weighted by Crippen LogP contribution is -2.33. The summed E-state index contributed by atoms with van der Waals surface area (Å²) in [5, 5.41) is 13.2. The Morgan fingerprint density at radius 1 is 1.37 bits per heavy atom. The van der Waals surface area contributed by atoms with Crippen LogP contribution in [-0.2, 0) is 33.8 Å². The van der Waals surface area contributed by atoms with Gasteiger partial charge in [-0.1, -0.05) is 0 Å². The van der Waals surface area contributed by atoms with Crippen LogP contribution < -0.4 is 9.04 Å². The van der Waals surface area contributed by atoms with E-state index in [1.807, 2.05) is 6.07 Å². The van der Waals surface area contributed by atoms with Gasteiger partial charge in [-0.15, -0.1) is 0 Å². The van der Waals surface area contributed by atoms with Crippen molar-refractivity contribution in [2.75, 3.05) is 10.9 Å². The van der Waals surface area contributed by atoms with E-state index in [2.05, 4.69) is 26.0 Å². The summed E-state index contributed by atoms with van der Waals surface area (Å²) in [6.07, 6.45) is 5.05. The minimum absolute atomic E-state index is 0.0230. The molecule has 0 saturated heterocycles. The van der Waals surface area contributed by atoms with E-state index in [0.29, 0.717) is 34.3 Å². The van der Waals surface area contributed by atoms with Gasteiger partial charge in [-0.3, -0.25) is 18.0 Å². The predicted octanol–water partition coefficient (Wildman–Crippen LogP) is 3.95. The molecule has 4 rings (SSSR count). The maximum atomic E-state index is 12.4. The van der Waals surface area contributed by atoms with Crippen molar-refractivity contribution in [2.24, 2.45) is 0 Å². The molecule has 2 atom stereocenters. The number of benzene rings is 1. The van der Waals surface area contributed by atoms with Crippen molar-refractivity contribution >= 4 is 38.9 Å². The van der Waals surface area contributed by atoms with Gasteiger partial charge in [-0.05, 0) is 72.4 Å². The molecule has 182 valence electrons. The molecule has 1 aliphatic rings. The van der Waals surface area contributed by atoms with Crippen molar-refractivity contribution in [1.29, 1.82) is 5.26 Å². The maximum Gasteiger partial charge on any atom is 0.327 e. The number of hydrogen-bond acceptors (Lipinski definition) is 8. The van der Waals surface area contributed by atoms with Crippen molar-refractivity contribution in [3.05, 3.63) is 64.0 Å². The Hall–Kier alpha value is -3.27. The first-order chi connectivity index (χ1) is 16.9. The maximum absolute atomic E-state index is 12.4. The molecule has 35 heavy (non-hydrogen) atoms. The number of pyridine rings is 1. The molecule has 0 radical (unpaired) electrons. The third kappa shape index (κ3) is 5.53. The molecule has 0 fully saturated rings. The van der Waals surface area contributed by atoms with E-state index < -0.39 is 23.3 Å². The molecule has 0 saturated carbocycles. The standard InChI is InChI=1S/C23H22BrN5O5S/c1-2-33-22(30)14-28-20-4-3-5-21(18(20)13-27-28)29(35(31)32)16-10-19(24)23(26-12-16)34-17-8-6-15(11-25)7-9-17/h6-10,12-13,21H,2-5,14H2,1H3,(H,31,32)/p-1. The van der Waals surface area contributed by atoms with E-state index in [0.717, 1.165) is 17.7 Å². The number of anilines is 1. The van der Waals surface area contributed by atoms with Gasteiger partial charge < -0.3 is 14.0 Å². The molecule has 0 N–H and O–H groups in total. The van der Waals surface area contributed by atoms with Crippen LogP contribution in [0.5, 0.6) is 11.6 Å². The first-order valence-corrected chi connectivity index (χ1v) is 12.7. The Kier molecular flexibility index (Phi) is 7.80. The van der Waals surface area contributed by atoms with Gasteiger partial charge in [-0.25, -0.2) is 4.98 Å². The minimum Gasteiger partial charge on any atom is -0.755 e. The SMILES string of the molecule is CCOC(=O)Cn1ncc2c1CCCC2N(c1cnc(Oc2ccc(C#N)cc2)c(Br)c1)S(=O)[O-]. The second kappa shape index (κ2) is 11.0. The van der Waals surface area contributed by atoms with Crippen molar-refractivity contribution in [2.45, 2.75) is 38.8 Å². The highest BCUT2D eigenvalue weighted by atomic mass is 79.9. The van der Waals surface area contributed by atoms with Gasteiger partial charge >= 0.3 is 5.97 Å². The molecule has 1 aliphatic carbocycles.